The Bertz CT molecular complexity index is 1170. The summed E-state index contributed by atoms with van der Waals surface area (Å²) in [6.07, 6.45) is 3.03. The largest absolute Gasteiger partial charge is 0.497 e. The van der Waals surface area contributed by atoms with Gasteiger partial charge in [0.25, 0.3) is 0 Å². The second-order valence-electron chi connectivity index (χ2n) is 6.71. The maximum absolute atomic E-state index is 12.1. The van der Waals surface area contributed by atoms with E-state index in [1.165, 1.54) is 11.3 Å². The summed E-state index contributed by atoms with van der Waals surface area (Å²) in [6.45, 7) is 1.47. The molecule has 8 nitrogen and oxygen atoms in total. The summed E-state index contributed by atoms with van der Waals surface area (Å²) in [5, 5.41) is 8.61. The van der Waals surface area contributed by atoms with Crippen LogP contribution < -0.4 is 10.1 Å². The van der Waals surface area contributed by atoms with Crippen LogP contribution >= 0.6 is 11.3 Å². The number of aromatic nitrogens is 3. The van der Waals surface area contributed by atoms with Crippen LogP contribution in [0.1, 0.15) is 5.56 Å². The SMILES string of the molecule is COCCn1ncc2cc(-c3cnc(NC(=O)OCc4ccc(OC)cc4)s3)ccc21. The van der Waals surface area contributed by atoms with Gasteiger partial charge in [-0.25, -0.2) is 9.78 Å². The van der Waals surface area contributed by atoms with Crippen molar-refractivity contribution in [3.05, 3.63) is 60.4 Å². The van der Waals surface area contributed by atoms with Crippen molar-refractivity contribution in [2.75, 3.05) is 26.1 Å². The van der Waals surface area contributed by atoms with Gasteiger partial charge in [0.2, 0.25) is 0 Å². The molecule has 0 spiro atoms. The van der Waals surface area contributed by atoms with Crippen LogP contribution in [-0.2, 0) is 22.6 Å². The first-order valence-electron chi connectivity index (χ1n) is 9.63. The van der Waals surface area contributed by atoms with Crippen LogP contribution in [-0.4, -0.2) is 41.7 Å². The predicted molar refractivity (Wildman–Crippen MR) is 120 cm³/mol. The topological polar surface area (TPSA) is 87.5 Å². The van der Waals surface area contributed by atoms with Crippen molar-refractivity contribution in [2.45, 2.75) is 13.2 Å². The number of amides is 1. The first-order valence-corrected chi connectivity index (χ1v) is 10.5. The van der Waals surface area contributed by atoms with Crippen molar-refractivity contribution in [1.82, 2.24) is 14.8 Å². The number of benzene rings is 2. The zero-order chi connectivity index (χ0) is 21.6. The fourth-order valence-electron chi connectivity index (χ4n) is 3.06. The highest BCUT2D eigenvalue weighted by Crippen LogP contribution is 2.31. The molecule has 1 N–H and O–H groups in total. The van der Waals surface area contributed by atoms with Crippen molar-refractivity contribution in [3.63, 3.8) is 0 Å². The molecule has 0 unspecified atom stereocenters. The molecule has 4 aromatic rings. The number of nitrogens with one attached hydrogen (secondary N) is 1. The molecule has 2 aromatic carbocycles. The van der Waals surface area contributed by atoms with Gasteiger partial charge >= 0.3 is 6.09 Å². The van der Waals surface area contributed by atoms with Gasteiger partial charge in [-0.1, -0.05) is 29.5 Å². The van der Waals surface area contributed by atoms with E-state index in [4.69, 9.17) is 14.2 Å². The van der Waals surface area contributed by atoms with Crippen molar-refractivity contribution >= 4 is 33.5 Å². The van der Waals surface area contributed by atoms with Crippen molar-refractivity contribution in [1.29, 1.82) is 0 Å². The number of thiazole rings is 1. The van der Waals surface area contributed by atoms with Gasteiger partial charge in [0.15, 0.2) is 5.13 Å². The van der Waals surface area contributed by atoms with Crippen LogP contribution in [0, 0.1) is 0 Å². The van der Waals surface area contributed by atoms with E-state index in [-0.39, 0.29) is 6.61 Å². The molecule has 2 aromatic heterocycles. The van der Waals surface area contributed by atoms with Crippen LogP contribution in [0.4, 0.5) is 9.93 Å². The van der Waals surface area contributed by atoms with Crippen molar-refractivity contribution < 1.29 is 19.0 Å². The van der Waals surface area contributed by atoms with Crippen LogP contribution in [0.5, 0.6) is 5.75 Å². The van der Waals surface area contributed by atoms with Gasteiger partial charge in [0.1, 0.15) is 12.4 Å². The lowest BCUT2D eigenvalue weighted by molar-refractivity contribution is 0.155. The summed E-state index contributed by atoms with van der Waals surface area (Å²) in [6, 6.07) is 13.5. The van der Waals surface area contributed by atoms with Crippen molar-refractivity contribution in [2.24, 2.45) is 0 Å². The van der Waals surface area contributed by atoms with Gasteiger partial charge in [-0.05, 0) is 35.4 Å². The van der Waals surface area contributed by atoms with Gasteiger partial charge in [-0.2, -0.15) is 5.10 Å². The Morgan fingerprint density at radius 1 is 1.13 bits per heavy atom. The zero-order valence-corrected chi connectivity index (χ0v) is 18.0. The number of rotatable bonds is 8. The first kappa shape index (κ1) is 20.8. The molecule has 4 rings (SSSR count). The first-order chi connectivity index (χ1) is 15.2. The van der Waals surface area contributed by atoms with Gasteiger partial charge in [0, 0.05) is 18.7 Å². The van der Waals surface area contributed by atoms with E-state index in [0.29, 0.717) is 18.3 Å². The fourth-order valence-corrected chi connectivity index (χ4v) is 3.85. The molecular formula is C22H22N4O4S. The minimum absolute atomic E-state index is 0.164. The Labute approximate surface area is 183 Å². The summed E-state index contributed by atoms with van der Waals surface area (Å²) in [4.78, 5) is 17.3. The van der Waals surface area contributed by atoms with E-state index >= 15 is 0 Å². The Kier molecular flexibility index (Phi) is 6.44. The molecule has 0 aliphatic carbocycles. The Balaban J connectivity index is 1.37. The average molecular weight is 439 g/mol. The highest BCUT2D eigenvalue weighted by atomic mass is 32.1. The average Bonchev–Trinajstić information content (AvgIpc) is 3.43. The molecule has 0 atom stereocenters. The molecule has 31 heavy (non-hydrogen) atoms. The number of ether oxygens (including phenoxy) is 3. The van der Waals surface area contributed by atoms with Gasteiger partial charge < -0.3 is 14.2 Å². The number of methoxy groups -OCH3 is 2. The minimum Gasteiger partial charge on any atom is -0.497 e. The number of anilines is 1. The smallest absolute Gasteiger partial charge is 0.413 e. The van der Waals surface area contributed by atoms with Gasteiger partial charge in [-0.3, -0.25) is 10.00 Å². The number of hydrogen-bond acceptors (Lipinski definition) is 7. The summed E-state index contributed by atoms with van der Waals surface area (Å²) >= 11 is 1.38. The predicted octanol–water partition coefficient (Wildman–Crippen LogP) is 4.56. The molecule has 9 heteroatoms. The van der Waals surface area contributed by atoms with Crippen LogP contribution in [0.2, 0.25) is 0 Å². The Morgan fingerprint density at radius 3 is 2.74 bits per heavy atom. The molecule has 2 heterocycles. The van der Waals surface area contributed by atoms with Gasteiger partial charge in [0.05, 0.1) is 36.9 Å². The molecule has 1 amide bonds. The summed E-state index contributed by atoms with van der Waals surface area (Å²) in [7, 11) is 3.28. The fraction of sp³-hybridized carbons (Fsp3) is 0.227. The number of carbonyl (C=O) groups excluding carboxylic acids is 1. The number of nitrogens with zero attached hydrogens (tertiary/aromatic N) is 3. The maximum Gasteiger partial charge on any atom is 0.413 e. The minimum atomic E-state index is -0.549. The van der Waals surface area contributed by atoms with Gasteiger partial charge in [-0.15, -0.1) is 0 Å². The third-order valence-electron chi connectivity index (χ3n) is 4.68. The lowest BCUT2D eigenvalue weighted by Gasteiger charge is -2.06. The Morgan fingerprint density at radius 2 is 1.97 bits per heavy atom. The van der Waals surface area contributed by atoms with E-state index in [1.54, 1.807) is 20.4 Å². The highest BCUT2D eigenvalue weighted by molar-refractivity contribution is 7.19. The van der Waals surface area contributed by atoms with E-state index in [1.807, 2.05) is 47.3 Å². The quantitative estimate of drug-likeness (QED) is 0.434. The van der Waals surface area contributed by atoms with E-state index < -0.39 is 6.09 Å². The number of hydrogen-bond donors (Lipinski definition) is 1. The molecular weight excluding hydrogens is 416 g/mol. The van der Waals surface area contributed by atoms with Crippen LogP contribution in [0.25, 0.3) is 21.3 Å². The van der Waals surface area contributed by atoms with Crippen LogP contribution in [0.15, 0.2) is 54.9 Å². The Hall–Kier alpha value is -3.43. The highest BCUT2D eigenvalue weighted by Gasteiger charge is 2.11. The van der Waals surface area contributed by atoms with Crippen LogP contribution in [0.3, 0.4) is 0 Å². The van der Waals surface area contributed by atoms with E-state index in [0.717, 1.165) is 32.7 Å². The molecule has 0 radical (unpaired) electrons. The molecule has 0 saturated carbocycles. The second-order valence-corrected chi connectivity index (χ2v) is 7.74. The van der Waals surface area contributed by atoms with E-state index in [2.05, 4.69) is 21.5 Å². The zero-order valence-electron chi connectivity index (χ0n) is 17.2. The summed E-state index contributed by atoms with van der Waals surface area (Å²) < 4.78 is 17.4. The number of carbonyl (C=O) groups is 1. The summed E-state index contributed by atoms with van der Waals surface area (Å²) in [5.74, 6) is 0.754. The molecule has 0 saturated heterocycles. The second kappa shape index (κ2) is 9.59. The number of fused-ring (bicyclic) bond motifs is 1. The lowest BCUT2D eigenvalue weighted by Crippen LogP contribution is -2.13. The summed E-state index contributed by atoms with van der Waals surface area (Å²) in [5.41, 5.74) is 2.93. The molecule has 160 valence electrons. The molecule has 0 aliphatic rings. The third kappa shape index (κ3) is 5.01. The molecule has 0 bridgehead atoms. The normalized spacial score (nSPS) is 10.9. The molecule has 0 aliphatic heterocycles. The standard InChI is InChI=1S/C22H22N4O4S/c1-28-10-9-26-19-8-5-16(11-17(19)12-24-26)20-13-23-21(31-20)25-22(27)30-14-15-3-6-18(29-2)7-4-15/h3-8,11-13H,9-10,14H2,1-2H3,(H,23,25,27). The maximum atomic E-state index is 12.1. The van der Waals surface area contributed by atoms with E-state index in [9.17, 15) is 4.79 Å². The van der Waals surface area contributed by atoms with Crippen molar-refractivity contribution in [3.8, 4) is 16.2 Å². The lowest BCUT2D eigenvalue weighted by atomic mass is 10.1. The third-order valence-corrected chi connectivity index (χ3v) is 5.64. The monoisotopic (exact) mass is 438 g/mol. The molecule has 0 fully saturated rings.